The van der Waals surface area contributed by atoms with E-state index in [4.69, 9.17) is 21.4 Å². The van der Waals surface area contributed by atoms with Gasteiger partial charge in [-0.2, -0.15) is 4.98 Å². The van der Waals surface area contributed by atoms with Gasteiger partial charge in [0.15, 0.2) is 10.7 Å². The minimum absolute atomic E-state index is 0.0449. The SMILES string of the molecule is CCCOc1cccc(C(=O)NC(=S)Nc2nc3ccc(NC(C)=O)cc3o2)c1. The van der Waals surface area contributed by atoms with Crippen LogP contribution in [-0.2, 0) is 4.79 Å². The average molecular weight is 412 g/mol. The predicted molar refractivity (Wildman–Crippen MR) is 114 cm³/mol. The Morgan fingerprint density at radius 3 is 2.76 bits per heavy atom. The first-order valence-electron chi connectivity index (χ1n) is 8.98. The van der Waals surface area contributed by atoms with Crippen molar-refractivity contribution in [2.45, 2.75) is 20.3 Å². The third kappa shape index (κ3) is 5.52. The topological polar surface area (TPSA) is 105 Å². The van der Waals surface area contributed by atoms with Crippen LogP contribution >= 0.6 is 12.2 Å². The average Bonchev–Trinajstić information content (AvgIpc) is 3.07. The minimum atomic E-state index is -0.381. The number of anilines is 2. The molecule has 29 heavy (non-hydrogen) atoms. The number of thiocarbonyl (C=S) groups is 1. The Morgan fingerprint density at radius 1 is 1.17 bits per heavy atom. The molecule has 0 atom stereocenters. The normalized spacial score (nSPS) is 10.4. The van der Waals surface area contributed by atoms with Crippen LogP contribution in [0.3, 0.4) is 0 Å². The maximum Gasteiger partial charge on any atom is 0.302 e. The Hall–Kier alpha value is -3.46. The number of hydrogen-bond donors (Lipinski definition) is 3. The van der Waals surface area contributed by atoms with E-state index >= 15 is 0 Å². The van der Waals surface area contributed by atoms with Gasteiger partial charge < -0.3 is 14.5 Å². The van der Waals surface area contributed by atoms with Crippen molar-refractivity contribution in [3.63, 3.8) is 0 Å². The Labute approximate surface area is 172 Å². The highest BCUT2D eigenvalue weighted by atomic mass is 32.1. The molecular formula is C20H20N4O4S. The molecule has 0 saturated carbocycles. The molecule has 0 radical (unpaired) electrons. The van der Waals surface area contributed by atoms with Crippen molar-refractivity contribution in [1.82, 2.24) is 10.3 Å². The predicted octanol–water partition coefficient (Wildman–Crippen LogP) is 3.70. The van der Waals surface area contributed by atoms with Gasteiger partial charge in [0.2, 0.25) is 5.91 Å². The summed E-state index contributed by atoms with van der Waals surface area (Å²) in [5, 5.41) is 8.04. The van der Waals surface area contributed by atoms with E-state index in [1.54, 1.807) is 42.5 Å². The molecule has 1 aromatic heterocycles. The Kier molecular flexibility index (Phi) is 6.40. The number of nitrogens with one attached hydrogen (secondary N) is 3. The van der Waals surface area contributed by atoms with Crippen molar-refractivity contribution in [3.05, 3.63) is 48.0 Å². The number of amides is 2. The minimum Gasteiger partial charge on any atom is -0.494 e. The molecule has 3 aromatic rings. The zero-order valence-electron chi connectivity index (χ0n) is 15.9. The Morgan fingerprint density at radius 2 is 2.00 bits per heavy atom. The molecule has 1 heterocycles. The Bertz CT molecular complexity index is 1060. The lowest BCUT2D eigenvalue weighted by molar-refractivity contribution is -0.114. The molecule has 2 amide bonds. The fourth-order valence-electron chi connectivity index (χ4n) is 2.51. The van der Waals surface area contributed by atoms with Crippen LogP contribution in [-0.4, -0.2) is 28.5 Å². The summed E-state index contributed by atoms with van der Waals surface area (Å²) in [5.74, 6) is 0.0519. The van der Waals surface area contributed by atoms with Crippen molar-refractivity contribution >= 4 is 51.9 Å². The fraction of sp³-hybridized carbons (Fsp3) is 0.200. The lowest BCUT2D eigenvalue weighted by Gasteiger charge is -2.08. The maximum absolute atomic E-state index is 12.4. The van der Waals surface area contributed by atoms with Gasteiger partial charge in [-0.1, -0.05) is 13.0 Å². The summed E-state index contributed by atoms with van der Waals surface area (Å²) < 4.78 is 11.1. The van der Waals surface area contributed by atoms with Crippen LogP contribution in [0.2, 0.25) is 0 Å². The summed E-state index contributed by atoms with van der Waals surface area (Å²) in [7, 11) is 0. The smallest absolute Gasteiger partial charge is 0.302 e. The van der Waals surface area contributed by atoms with Gasteiger partial charge in [0.05, 0.1) is 6.61 Å². The first-order valence-corrected chi connectivity index (χ1v) is 9.39. The molecule has 0 spiro atoms. The van der Waals surface area contributed by atoms with Crippen LogP contribution in [0, 0.1) is 0 Å². The number of benzene rings is 2. The molecule has 3 rings (SSSR count). The molecule has 150 valence electrons. The summed E-state index contributed by atoms with van der Waals surface area (Å²) in [6, 6.07) is 12.0. The number of carbonyl (C=O) groups excluding carboxylic acids is 2. The van der Waals surface area contributed by atoms with Gasteiger partial charge in [0.1, 0.15) is 11.3 Å². The zero-order valence-corrected chi connectivity index (χ0v) is 16.8. The highest BCUT2D eigenvalue weighted by molar-refractivity contribution is 7.80. The van der Waals surface area contributed by atoms with Crippen molar-refractivity contribution in [3.8, 4) is 5.75 Å². The van der Waals surface area contributed by atoms with E-state index in [-0.39, 0.29) is 22.9 Å². The molecule has 8 nitrogen and oxygen atoms in total. The molecule has 0 aliphatic heterocycles. The molecule has 9 heteroatoms. The summed E-state index contributed by atoms with van der Waals surface area (Å²) in [4.78, 5) is 27.8. The standard InChI is InChI=1S/C20H20N4O4S/c1-3-9-27-15-6-4-5-13(10-15)18(26)23-20(29)24-19-22-16-8-7-14(21-12(2)25)11-17(16)28-19/h4-8,10-11H,3,9H2,1-2H3,(H,21,25)(H2,22,23,24,26,29). The van der Waals surface area contributed by atoms with E-state index in [2.05, 4.69) is 20.9 Å². The monoisotopic (exact) mass is 412 g/mol. The fourth-order valence-corrected chi connectivity index (χ4v) is 2.69. The van der Waals surface area contributed by atoms with E-state index in [0.29, 0.717) is 34.7 Å². The van der Waals surface area contributed by atoms with Gasteiger partial charge in [-0.25, -0.2) is 0 Å². The number of nitrogens with zero attached hydrogens (tertiary/aromatic N) is 1. The summed E-state index contributed by atoms with van der Waals surface area (Å²) in [6.07, 6.45) is 0.876. The molecule has 0 aliphatic rings. The van der Waals surface area contributed by atoms with Gasteiger partial charge in [-0.3, -0.25) is 20.2 Å². The first-order chi connectivity index (χ1) is 13.9. The van der Waals surface area contributed by atoms with Crippen LogP contribution in [0.1, 0.15) is 30.6 Å². The zero-order chi connectivity index (χ0) is 20.8. The summed E-state index contributed by atoms with van der Waals surface area (Å²) in [6.45, 7) is 4.00. The van der Waals surface area contributed by atoms with E-state index in [9.17, 15) is 9.59 Å². The van der Waals surface area contributed by atoms with Gasteiger partial charge in [0.25, 0.3) is 5.91 Å². The van der Waals surface area contributed by atoms with E-state index < -0.39 is 0 Å². The van der Waals surface area contributed by atoms with E-state index in [0.717, 1.165) is 6.42 Å². The molecule has 0 saturated heterocycles. The number of aromatic nitrogens is 1. The lowest BCUT2D eigenvalue weighted by atomic mass is 10.2. The van der Waals surface area contributed by atoms with Gasteiger partial charge >= 0.3 is 6.01 Å². The number of fused-ring (bicyclic) bond motifs is 1. The van der Waals surface area contributed by atoms with Crippen molar-refractivity contribution in [2.75, 3.05) is 17.2 Å². The highest BCUT2D eigenvalue weighted by Gasteiger charge is 2.12. The quantitative estimate of drug-likeness (QED) is 0.530. The molecule has 2 aromatic carbocycles. The molecule has 0 bridgehead atoms. The second-order valence-electron chi connectivity index (χ2n) is 6.17. The van der Waals surface area contributed by atoms with E-state index in [1.165, 1.54) is 6.92 Å². The molecule has 3 N–H and O–H groups in total. The first kappa shape index (κ1) is 20.3. The van der Waals surface area contributed by atoms with Crippen LogP contribution < -0.4 is 20.7 Å². The third-order valence-electron chi connectivity index (χ3n) is 3.73. The number of carbonyl (C=O) groups is 2. The van der Waals surface area contributed by atoms with Gasteiger partial charge in [-0.05, 0) is 49.0 Å². The van der Waals surface area contributed by atoms with E-state index in [1.807, 2.05) is 6.92 Å². The Balaban J connectivity index is 1.64. The van der Waals surface area contributed by atoms with Gasteiger partial charge in [0, 0.05) is 24.2 Å². The number of hydrogen-bond acceptors (Lipinski definition) is 6. The van der Waals surface area contributed by atoms with Crippen molar-refractivity contribution in [2.24, 2.45) is 0 Å². The second-order valence-corrected chi connectivity index (χ2v) is 6.58. The molecular weight excluding hydrogens is 392 g/mol. The number of ether oxygens (including phenoxy) is 1. The molecule has 0 unspecified atom stereocenters. The van der Waals surface area contributed by atoms with Crippen LogP contribution in [0.15, 0.2) is 46.9 Å². The highest BCUT2D eigenvalue weighted by Crippen LogP contribution is 2.22. The van der Waals surface area contributed by atoms with Crippen LogP contribution in [0.5, 0.6) is 5.75 Å². The lowest BCUT2D eigenvalue weighted by Crippen LogP contribution is -2.34. The number of rotatable bonds is 6. The van der Waals surface area contributed by atoms with Gasteiger partial charge in [-0.15, -0.1) is 0 Å². The van der Waals surface area contributed by atoms with Crippen LogP contribution in [0.25, 0.3) is 11.1 Å². The third-order valence-corrected chi connectivity index (χ3v) is 3.93. The molecule has 0 fully saturated rings. The maximum atomic E-state index is 12.4. The van der Waals surface area contributed by atoms with Crippen molar-refractivity contribution < 1.29 is 18.7 Å². The van der Waals surface area contributed by atoms with Crippen LogP contribution in [0.4, 0.5) is 11.7 Å². The second kappa shape index (κ2) is 9.16. The summed E-state index contributed by atoms with van der Waals surface area (Å²) in [5.41, 5.74) is 2.05. The summed E-state index contributed by atoms with van der Waals surface area (Å²) >= 11 is 5.17. The largest absolute Gasteiger partial charge is 0.494 e. The van der Waals surface area contributed by atoms with Crippen molar-refractivity contribution in [1.29, 1.82) is 0 Å². The molecule has 0 aliphatic carbocycles. The number of oxazole rings is 1.